The standard InChI is InChI=1S/C13H15N2O4/c14-11(7-12(17)18)13(19)15-10(8-16)6-9-4-2-1-3-5-9/h1-5,10-11H,6-7,14H2,(H,15,19)(H,17,18). The Morgan fingerprint density at radius 1 is 1.32 bits per heavy atom. The van der Waals surface area contributed by atoms with Crippen LogP contribution in [0.4, 0.5) is 0 Å². The molecule has 0 aliphatic heterocycles. The third-order valence-electron chi connectivity index (χ3n) is 2.47. The van der Waals surface area contributed by atoms with Gasteiger partial charge in [0.05, 0.1) is 18.5 Å². The van der Waals surface area contributed by atoms with Crippen molar-refractivity contribution in [2.45, 2.75) is 24.9 Å². The van der Waals surface area contributed by atoms with E-state index in [0.717, 1.165) is 5.56 Å². The van der Waals surface area contributed by atoms with Gasteiger partial charge in [0.25, 0.3) is 0 Å². The Kier molecular flexibility index (Phi) is 5.69. The van der Waals surface area contributed by atoms with E-state index in [1.165, 1.54) is 0 Å². The third-order valence-corrected chi connectivity index (χ3v) is 2.47. The summed E-state index contributed by atoms with van der Waals surface area (Å²) in [4.78, 5) is 32.8. The minimum absolute atomic E-state index is 0.288. The number of nitrogens with one attached hydrogen (secondary N) is 1. The molecular weight excluding hydrogens is 248 g/mol. The maximum absolute atomic E-state index is 11.6. The first-order valence-electron chi connectivity index (χ1n) is 5.72. The van der Waals surface area contributed by atoms with Crippen LogP contribution in [0.2, 0.25) is 0 Å². The number of rotatable bonds is 7. The Hall–Kier alpha value is -2.21. The van der Waals surface area contributed by atoms with Crippen molar-refractivity contribution in [3.63, 3.8) is 0 Å². The molecule has 1 amide bonds. The number of carboxylic acids is 1. The van der Waals surface area contributed by atoms with Crippen molar-refractivity contribution in [3.05, 3.63) is 35.9 Å². The first kappa shape index (κ1) is 14.8. The normalized spacial score (nSPS) is 13.3. The molecule has 4 N–H and O–H groups in total. The Morgan fingerprint density at radius 2 is 1.95 bits per heavy atom. The molecule has 101 valence electrons. The number of nitrogens with two attached hydrogens (primary N) is 1. The predicted octanol–water partition coefficient (Wildman–Crippen LogP) is -0.374. The summed E-state index contributed by atoms with van der Waals surface area (Å²) in [7, 11) is 0. The van der Waals surface area contributed by atoms with E-state index in [1.807, 2.05) is 30.3 Å². The first-order chi connectivity index (χ1) is 9.02. The number of benzene rings is 1. The zero-order valence-electron chi connectivity index (χ0n) is 10.2. The molecule has 0 saturated heterocycles. The largest absolute Gasteiger partial charge is 0.481 e. The molecule has 0 fully saturated rings. The second-order valence-electron chi connectivity index (χ2n) is 4.07. The van der Waals surface area contributed by atoms with Crippen LogP contribution in [-0.2, 0) is 20.8 Å². The number of aliphatic carboxylic acids is 1. The summed E-state index contributed by atoms with van der Waals surface area (Å²) in [5.74, 6) is -1.84. The van der Waals surface area contributed by atoms with Crippen molar-refractivity contribution in [1.82, 2.24) is 5.32 Å². The highest BCUT2D eigenvalue weighted by molar-refractivity contribution is 5.87. The van der Waals surface area contributed by atoms with Crippen molar-refractivity contribution in [2.24, 2.45) is 5.73 Å². The predicted molar refractivity (Wildman–Crippen MR) is 68.0 cm³/mol. The van der Waals surface area contributed by atoms with Crippen LogP contribution in [0.1, 0.15) is 12.0 Å². The fraction of sp³-hybridized carbons (Fsp3) is 0.308. The molecule has 0 bridgehead atoms. The zero-order valence-corrected chi connectivity index (χ0v) is 10.2. The number of amides is 1. The lowest BCUT2D eigenvalue weighted by molar-refractivity contribution is -0.139. The summed E-state index contributed by atoms with van der Waals surface area (Å²) >= 11 is 0. The highest BCUT2D eigenvalue weighted by atomic mass is 16.4. The fourth-order valence-corrected chi connectivity index (χ4v) is 1.53. The first-order valence-corrected chi connectivity index (χ1v) is 5.72. The molecule has 6 heteroatoms. The van der Waals surface area contributed by atoms with Gasteiger partial charge < -0.3 is 16.2 Å². The summed E-state index contributed by atoms with van der Waals surface area (Å²) < 4.78 is 0. The molecule has 1 aromatic carbocycles. The van der Waals surface area contributed by atoms with Crippen LogP contribution < -0.4 is 11.1 Å². The highest BCUT2D eigenvalue weighted by Crippen LogP contribution is 2.02. The fourth-order valence-electron chi connectivity index (χ4n) is 1.53. The van der Waals surface area contributed by atoms with E-state index >= 15 is 0 Å². The summed E-state index contributed by atoms with van der Waals surface area (Å²) in [6.45, 7) is 0. The van der Waals surface area contributed by atoms with E-state index in [2.05, 4.69) is 5.32 Å². The molecule has 1 rings (SSSR count). The zero-order chi connectivity index (χ0) is 14.3. The minimum atomic E-state index is -1.18. The molecule has 19 heavy (non-hydrogen) atoms. The van der Waals surface area contributed by atoms with E-state index in [-0.39, 0.29) is 6.42 Å². The van der Waals surface area contributed by atoms with Gasteiger partial charge in [-0.1, -0.05) is 30.3 Å². The van der Waals surface area contributed by atoms with Gasteiger partial charge in [0, 0.05) is 6.42 Å². The molecule has 6 nitrogen and oxygen atoms in total. The van der Waals surface area contributed by atoms with E-state index in [0.29, 0.717) is 0 Å². The molecule has 0 aliphatic carbocycles. The van der Waals surface area contributed by atoms with E-state index in [4.69, 9.17) is 10.8 Å². The molecular formula is C13H15N2O4. The molecule has 0 aliphatic rings. The molecule has 0 spiro atoms. The maximum atomic E-state index is 11.6. The lowest BCUT2D eigenvalue weighted by Gasteiger charge is -2.15. The molecule has 1 aromatic rings. The Labute approximate surface area is 110 Å². The smallest absolute Gasteiger partial charge is 0.305 e. The van der Waals surface area contributed by atoms with Gasteiger partial charge in [-0.15, -0.1) is 0 Å². The molecule has 0 saturated carbocycles. The average Bonchev–Trinajstić information content (AvgIpc) is 2.38. The van der Waals surface area contributed by atoms with Gasteiger partial charge in [0.15, 0.2) is 0 Å². The van der Waals surface area contributed by atoms with Gasteiger partial charge in [0.2, 0.25) is 12.2 Å². The van der Waals surface area contributed by atoms with Gasteiger partial charge in [-0.25, -0.2) is 0 Å². The summed E-state index contributed by atoms with van der Waals surface area (Å²) in [5, 5.41) is 10.9. The van der Waals surface area contributed by atoms with Crippen molar-refractivity contribution >= 4 is 18.2 Å². The second kappa shape index (κ2) is 7.27. The number of hydrogen-bond acceptors (Lipinski definition) is 4. The van der Waals surface area contributed by atoms with E-state index < -0.39 is 30.4 Å². The van der Waals surface area contributed by atoms with Gasteiger partial charge in [-0.05, 0) is 5.56 Å². The minimum Gasteiger partial charge on any atom is -0.481 e. The Morgan fingerprint density at radius 3 is 2.47 bits per heavy atom. The lowest BCUT2D eigenvalue weighted by Crippen LogP contribution is -2.47. The van der Waals surface area contributed by atoms with Crippen LogP contribution in [0.15, 0.2) is 30.3 Å². The maximum Gasteiger partial charge on any atom is 0.305 e. The second-order valence-corrected chi connectivity index (χ2v) is 4.07. The topological polar surface area (TPSA) is 109 Å². The van der Waals surface area contributed by atoms with Crippen LogP contribution in [0.3, 0.4) is 0 Å². The SMILES string of the molecule is NC(CC(=O)O)C(=O)NC([C]=O)Cc1ccccc1. The molecule has 0 heterocycles. The van der Waals surface area contributed by atoms with Gasteiger partial charge in [-0.2, -0.15) is 0 Å². The van der Waals surface area contributed by atoms with E-state index in [9.17, 15) is 14.4 Å². The van der Waals surface area contributed by atoms with Gasteiger partial charge in [0.1, 0.15) is 0 Å². The summed E-state index contributed by atoms with van der Waals surface area (Å²) in [5.41, 5.74) is 6.26. The van der Waals surface area contributed by atoms with Crippen LogP contribution in [0.5, 0.6) is 0 Å². The van der Waals surface area contributed by atoms with Crippen LogP contribution in [0.25, 0.3) is 0 Å². The number of carbonyl (C=O) groups is 2. The van der Waals surface area contributed by atoms with Crippen molar-refractivity contribution in [3.8, 4) is 0 Å². The molecule has 0 aromatic heterocycles. The Balaban J connectivity index is 2.55. The Bertz CT molecular complexity index is 447. The van der Waals surface area contributed by atoms with Crippen molar-refractivity contribution in [1.29, 1.82) is 0 Å². The molecule has 2 unspecified atom stereocenters. The van der Waals surface area contributed by atoms with E-state index in [1.54, 1.807) is 6.29 Å². The number of carbonyl (C=O) groups excluding carboxylic acids is 2. The summed E-state index contributed by atoms with van der Waals surface area (Å²) in [6, 6.07) is 7.08. The summed E-state index contributed by atoms with van der Waals surface area (Å²) in [6.07, 6.45) is 1.51. The van der Waals surface area contributed by atoms with Crippen LogP contribution >= 0.6 is 0 Å². The number of carboxylic acid groups (broad SMARTS) is 1. The number of hydrogen-bond donors (Lipinski definition) is 3. The van der Waals surface area contributed by atoms with Crippen molar-refractivity contribution in [2.75, 3.05) is 0 Å². The lowest BCUT2D eigenvalue weighted by atomic mass is 10.1. The molecule has 1 radical (unpaired) electrons. The average molecular weight is 263 g/mol. The van der Waals surface area contributed by atoms with Crippen molar-refractivity contribution < 1.29 is 19.5 Å². The van der Waals surface area contributed by atoms with Crippen LogP contribution in [-0.4, -0.2) is 35.4 Å². The van der Waals surface area contributed by atoms with Crippen LogP contribution in [0, 0.1) is 0 Å². The highest BCUT2D eigenvalue weighted by Gasteiger charge is 2.20. The molecule has 2 atom stereocenters. The van der Waals surface area contributed by atoms with Gasteiger partial charge >= 0.3 is 5.97 Å². The quantitative estimate of drug-likeness (QED) is 0.621. The monoisotopic (exact) mass is 263 g/mol. The third kappa shape index (κ3) is 5.31. The van der Waals surface area contributed by atoms with Gasteiger partial charge in [-0.3, -0.25) is 14.4 Å².